The Bertz CT molecular complexity index is 348. The number of phenolic OH excluding ortho intramolecular Hbond substituents is 1. The second kappa shape index (κ2) is 4.23. The SMILES string of the molecule is CNC(C)C1CCc2ccc(O)cc2C1. The molecule has 2 rings (SSSR count). The van der Waals surface area contributed by atoms with Gasteiger partial charge in [-0.1, -0.05) is 6.07 Å². The fraction of sp³-hybridized carbons (Fsp3) is 0.538. The predicted octanol–water partition coefficient (Wildman–Crippen LogP) is 2.10. The largest absolute Gasteiger partial charge is 0.508 e. The van der Waals surface area contributed by atoms with Gasteiger partial charge in [-0.15, -0.1) is 0 Å². The first-order valence-electron chi connectivity index (χ1n) is 5.68. The molecule has 2 N–H and O–H groups in total. The molecule has 2 heteroatoms. The van der Waals surface area contributed by atoms with Crippen molar-refractivity contribution in [2.24, 2.45) is 5.92 Å². The monoisotopic (exact) mass is 205 g/mol. The van der Waals surface area contributed by atoms with Gasteiger partial charge in [-0.25, -0.2) is 0 Å². The number of aryl methyl sites for hydroxylation is 1. The van der Waals surface area contributed by atoms with Crippen LogP contribution < -0.4 is 5.32 Å². The van der Waals surface area contributed by atoms with Gasteiger partial charge in [0.05, 0.1) is 0 Å². The van der Waals surface area contributed by atoms with Gasteiger partial charge >= 0.3 is 0 Å². The van der Waals surface area contributed by atoms with E-state index in [1.54, 1.807) is 6.07 Å². The highest BCUT2D eigenvalue weighted by atomic mass is 16.3. The summed E-state index contributed by atoms with van der Waals surface area (Å²) >= 11 is 0. The lowest BCUT2D eigenvalue weighted by Crippen LogP contribution is -2.34. The van der Waals surface area contributed by atoms with Gasteiger partial charge in [-0.3, -0.25) is 0 Å². The zero-order chi connectivity index (χ0) is 10.8. The second-order valence-corrected chi connectivity index (χ2v) is 4.53. The zero-order valence-electron chi connectivity index (χ0n) is 9.46. The van der Waals surface area contributed by atoms with Crippen molar-refractivity contribution in [1.82, 2.24) is 5.32 Å². The molecule has 0 fully saturated rings. The average Bonchev–Trinajstić information content (AvgIpc) is 2.27. The van der Waals surface area contributed by atoms with Crippen LogP contribution in [0.2, 0.25) is 0 Å². The number of benzene rings is 1. The smallest absolute Gasteiger partial charge is 0.115 e. The summed E-state index contributed by atoms with van der Waals surface area (Å²) < 4.78 is 0. The number of hydrogen-bond donors (Lipinski definition) is 2. The Kier molecular flexibility index (Phi) is 2.96. The lowest BCUT2D eigenvalue weighted by molar-refractivity contribution is 0.353. The van der Waals surface area contributed by atoms with Crippen LogP contribution in [0.15, 0.2) is 18.2 Å². The van der Waals surface area contributed by atoms with E-state index in [4.69, 9.17) is 0 Å². The Hall–Kier alpha value is -1.02. The third kappa shape index (κ3) is 2.15. The van der Waals surface area contributed by atoms with Crippen LogP contribution in [-0.2, 0) is 12.8 Å². The van der Waals surface area contributed by atoms with Crippen LogP contribution >= 0.6 is 0 Å². The van der Waals surface area contributed by atoms with Crippen molar-refractivity contribution in [2.45, 2.75) is 32.2 Å². The lowest BCUT2D eigenvalue weighted by atomic mass is 9.80. The van der Waals surface area contributed by atoms with Crippen molar-refractivity contribution in [3.8, 4) is 5.75 Å². The number of hydrogen-bond acceptors (Lipinski definition) is 2. The van der Waals surface area contributed by atoms with E-state index in [-0.39, 0.29) is 0 Å². The van der Waals surface area contributed by atoms with Gasteiger partial charge in [0.25, 0.3) is 0 Å². The summed E-state index contributed by atoms with van der Waals surface area (Å²) in [5.41, 5.74) is 2.74. The van der Waals surface area contributed by atoms with Gasteiger partial charge in [-0.2, -0.15) is 0 Å². The fourth-order valence-electron chi connectivity index (χ4n) is 2.43. The normalized spacial score (nSPS) is 22.1. The molecule has 0 aromatic heterocycles. The van der Waals surface area contributed by atoms with Crippen molar-refractivity contribution in [2.75, 3.05) is 7.05 Å². The molecule has 15 heavy (non-hydrogen) atoms. The minimum atomic E-state index is 0.395. The zero-order valence-corrected chi connectivity index (χ0v) is 9.46. The van der Waals surface area contributed by atoms with Crippen molar-refractivity contribution >= 4 is 0 Å². The highest BCUT2D eigenvalue weighted by Crippen LogP contribution is 2.29. The molecule has 0 saturated carbocycles. The van der Waals surface area contributed by atoms with E-state index < -0.39 is 0 Å². The van der Waals surface area contributed by atoms with E-state index in [1.165, 1.54) is 17.5 Å². The summed E-state index contributed by atoms with van der Waals surface area (Å²) in [5.74, 6) is 1.09. The highest BCUT2D eigenvalue weighted by molar-refractivity contribution is 5.36. The van der Waals surface area contributed by atoms with E-state index >= 15 is 0 Å². The molecule has 2 unspecified atom stereocenters. The molecule has 0 saturated heterocycles. The minimum absolute atomic E-state index is 0.395. The fourth-order valence-corrected chi connectivity index (χ4v) is 2.43. The number of nitrogens with one attached hydrogen (secondary N) is 1. The molecule has 2 atom stereocenters. The van der Waals surface area contributed by atoms with E-state index in [1.807, 2.05) is 13.1 Å². The topological polar surface area (TPSA) is 32.3 Å². The molecule has 82 valence electrons. The van der Waals surface area contributed by atoms with E-state index in [9.17, 15) is 5.11 Å². The van der Waals surface area contributed by atoms with E-state index in [0.29, 0.717) is 17.7 Å². The molecule has 1 aliphatic carbocycles. The Balaban J connectivity index is 2.18. The molecule has 0 aliphatic heterocycles. The molecular weight excluding hydrogens is 186 g/mol. The highest BCUT2D eigenvalue weighted by Gasteiger charge is 2.22. The lowest BCUT2D eigenvalue weighted by Gasteiger charge is -2.29. The summed E-state index contributed by atoms with van der Waals surface area (Å²) in [6, 6.07) is 6.33. The van der Waals surface area contributed by atoms with Crippen LogP contribution in [0.3, 0.4) is 0 Å². The first-order valence-corrected chi connectivity index (χ1v) is 5.68. The van der Waals surface area contributed by atoms with Crippen LogP contribution in [0.5, 0.6) is 5.75 Å². The maximum atomic E-state index is 9.45. The summed E-state index contributed by atoms with van der Waals surface area (Å²) in [5, 5.41) is 12.8. The van der Waals surface area contributed by atoms with Crippen molar-refractivity contribution in [1.29, 1.82) is 0 Å². The number of rotatable bonds is 2. The van der Waals surface area contributed by atoms with Crippen molar-refractivity contribution < 1.29 is 5.11 Å². The molecular formula is C13H19NO. The predicted molar refractivity (Wildman–Crippen MR) is 62.1 cm³/mol. The first-order chi connectivity index (χ1) is 7.20. The first kappa shape index (κ1) is 10.5. The van der Waals surface area contributed by atoms with Crippen LogP contribution in [0.1, 0.15) is 24.5 Å². The third-order valence-corrected chi connectivity index (χ3v) is 3.62. The standard InChI is InChI=1S/C13H19NO/c1-9(14-2)11-4-3-10-5-6-13(15)8-12(10)7-11/h5-6,8-9,11,14-15H,3-4,7H2,1-2H3. The summed E-state index contributed by atoms with van der Waals surface area (Å²) in [7, 11) is 2.02. The van der Waals surface area contributed by atoms with Crippen molar-refractivity contribution in [3.63, 3.8) is 0 Å². The van der Waals surface area contributed by atoms with Crippen LogP contribution in [0, 0.1) is 5.92 Å². The Morgan fingerprint density at radius 3 is 2.93 bits per heavy atom. The van der Waals surface area contributed by atoms with Crippen molar-refractivity contribution in [3.05, 3.63) is 29.3 Å². The molecule has 1 aromatic rings. The van der Waals surface area contributed by atoms with E-state index in [0.717, 1.165) is 12.8 Å². The van der Waals surface area contributed by atoms with Crippen LogP contribution in [0.25, 0.3) is 0 Å². The summed E-state index contributed by atoms with van der Waals surface area (Å²) in [6.45, 7) is 2.23. The van der Waals surface area contributed by atoms with Gasteiger partial charge in [0.15, 0.2) is 0 Å². The quantitative estimate of drug-likeness (QED) is 0.775. The van der Waals surface area contributed by atoms with Gasteiger partial charge in [0, 0.05) is 6.04 Å². The molecule has 0 spiro atoms. The molecule has 2 nitrogen and oxygen atoms in total. The van der Waals surface area contributed by atoms with Gasteiger partial charge in [-0.05, 0) is 62.4 Å². The van der Waals surface area contributed by atoms with Crippen LogP contribution in [-0.4, -0.2) is 18.2 Å². The molecule has 1 aromatic carbocycles. The van der Waals surface area contributed by atoms with E-state index in [2.05, 4.69) is 18.3 Å². The number of aromatic hydroxyl groups is 1. The Morgan fingerprint density at radius 1 is 1.40 bits per heavy atom. The molecule has 0 radical (unpaired) electrons. The Labute approximate surface area is 91.3 Å². The van der Waals surface area contributed by atoms with Crippen LogP contribution in [0.4, 0.5) is 0 Å². The number of fused-ring (bicyclic) bond motifs is 1. The second-order valence-electron chi connectivity index (χ2n) is 4.53. The average molecular weight is 205 g/mol. The number of phenols is 1. The summed E-state index contributed by atoms with van der Waals surface area (Å²) in [4.78, 5) is 0. The van der Waals surface area contributed by atoms with Gasteiger partial charge < -0.3 is 10.4 Å². The third-order valence-electron chi connectivity index (χ3n) is 3.62. The Morgan fingerprint density at radius 2 is 2.20 bits per heavy atom. The molecule has 0 bridgehead atoms. The maximum Gasteiger partial charge on any atom is 0.115 e. The molecule has 1 aliphatic rings. The molecule has 0 amide bonds. The van der Waals surface area contributed by atoms with Gasteiger partial charge in [0.2, 0.25) is 0 Å². The minimum Gasteiger partial charge on any atom is -0.508 e. The molecule has 0 heterocycles. The maximum absolute atomic E-state index is 9.45. The van der Waals surface area contributed by atoms with Gasteiger partial charge in [0.1, 0.15) is 5.75 Å². The summed E-state index contributed by atoms with van der Waals surface area (Å²) in [6.07, 6.45) is 3.48.